The molecule has 66 valence electrons. The van der Waals surface area contributed by atoms with Crippen LogP contribution < -0.4 is 0 Å². The van der Waals surface area contributed by atoms with Gasteiger partial charge in [-0.1, -0.05) is 36.7 Å². The van der Waals surface area contributed by atoms with Crippen LogP contribution in [-0.4, -0.2) is 11.2 Å². The molecule has 12 heavy (non-hydrogen) atoms. The summed E-state index contributed by atoms with van der Waals surface area (Å²) in [5.74, 6) is 0.0960. The van der Waals surface area contributed by atoms with Gasteiger partial charge in [-0.05, 0) is 18.6 Å². The van der Waals surface area contributed by atoms with E-state index < -0.39 is 0 Å². The highest BCUT2D eigenvalue weighted by atomic mass is 35.5. The highest BCUT2D eigenvalue weighted by molar-refractivity contribution is 6.31. The van der Waals surface area contributed by atoms with Gasteiger partial charge in [0.2, 0.25) is 0 Å². The molecule has 0 unspecified atom stereocenters. The van der Waals surface area contributed by atoms with Crippen molar-refractivity contribution < 1.29 is 5.11 Å². The summed E-state index contributed by atoms with van der Waals surface area (Å²) in [6, 6.07) is 7.61. The molecule has 0 heterocycles. The molecule has 1 rings (SSSR count). The first kappa shape index (κ1) is 9.56. The summed E-state index contributed by atoms with van der Waals surface area (Å²) in [5.41, 5.74) is 1.01. The first-order valence-electron chi connectivity index (χ1n) is 4.05. The summed E-state index contributed by atoms with van der Waals surface area (Å²) in [6.45, 7) is 3.74. The van der Waals surface area contributed by atoms with E-state index in [1.54, 1.807) is 6.92 Å². The highest BCUT2D eigenvalue weighted by Gasteiger charge is 2.13. The van der Waals surface area contributed by atoms with Gasteiger partial charge in [0.25, 0.3) is 0 Å². The van der Waals surface area contributed by atoms with Crippen molar-refractivity contribution in [1.29, 1.82) is 0 Å². The second-order valence-corrected chi connectivity index (χ2v) is 3.46. The van der Waals surface area contributed by atoms with Crippen LogP contribution in [0.15, 0.2) is 24.3 Å². The van der Waals surface area contributed by atoms with Crippen LogP contribution in [0.4, 0.5) is 0 Å². The number of benzene rings is 1. The fraction of sp³-hybridized carbons (Fsp3) is 0.400. The minimum Gasteiger partial charge on any atom is -0.393 e. The maximum Gasteiger partial charge on any atom is 0.0578 e. The van der Waals surface area contributed by atoms with Gasteiger partial charge in [-0.15, -0.1) is 0 Å². The van der Waals surface area contributed by atoms with Gasteiger partial charge in [-0.25, -0.2) is 0 Å². The molecule has 0 aliphatic heterocycles. The van der Waals surface area contributed by atoms with E-state index in [1.165, 1.54) is 0 Å². The molecular formula is C10H13ClO. The second kappa shape index (κ2) is 3.92. The first-order valence-corrected chi connectivity index (χ1v) is 4.43. The van der Waals surface area contributed by atoms with Crippen molar-refractivity contribution in [3.05, 3.63) is 34.9 Å². The monoisotopic (exact) mass is 184 g/mol. The molecule has 0 aliphatic rings. The molecule has 0 saturated carbocycles. The van der Waals surface area contributed by atoms with Crippen molar-refractivity contribution >= 4 is 11.6 Å². The van der Waals surface area contributed by atoms with E-state index in [-0.39, 0.29) is 12.0 Å². The Morgan fingerprint density at radius 1 is 1.25 bits per heavy atom. The molecule has 0 radical (unpaired) electrons. The molecule has 2 atom stereocenters. The Hall–Kier alpha value is -0.530. The quantitative estimate of drug-likeness (QED) is 0.750. The summed E-state index contributed by atoms with van der Waals surface area (Å²) in [6.07, 6.45) is -0.357. The van der Waals surface area contributed by atoms with Gasteiger partial charge in [0.1, 0.15) is 0 Å². The predicted octanol–water partition coefficient (Wildman–Crippen LogP) is 2.82. The van der Waals surface area contributed by atoms with Crippen LogP contribution in [0.2, 0.25) is 5.02 Å². The number of hydrogen-bond donors (Lipinski definition) is 1. The van der Waals surface area contributed by atoms with Gasteiger partial charge in [-0.2, -0.15) is 0 Å². The lowest BCUT2D eigenvalue weighted by molar-refractivity contribution is 0.169. The summed E-state index contributed by atoms with van der Waals surface area (Å²) in [7, 11) is 0. The third kappa shape index (κ3) is 1.99. The van der Waals surface area contributed by atoms with E-state index in [0.717, 1.165) is 10.6 Å². The normalized spacial score (nSPS) is 15.7. The Morgan fingerprint density at radius 3 is 2.33 bits per heavy atom. The van der Waals surface area contributed by atoms with Gasteiger partial charge < -0.3 is 5.11 Å². The summed E-state index contributed by atoms with van der Waals surface area (Å²) in [4.78, 5) is 0. The SMILES string of the molecule is C[C@H](O)[C@H](C)c1ccccc1Cl. The lowest BCUT2D eigenvalue weighted by Crippen LogP contribution is -2.11. The number of hydrogen-bond acceptors (Lipinski definition) is 1. The molecule has 0 amide bonds. The summed E-state index contributed by atoms with van der Waals surface area (Å²) >= 11 is 5.95. The van der Waals surface area contributed by atoms with E-state index in [1.807, 2.05) is 31.2 Å². The predicted molar refractivity (Wildman–Crippen MR) is 51.5 cm³/mol. The van der Waals surface area contributed by atoms with Crippen molar-refractivity contribution in [3.8, 4) is 0 Å². The molecule has 0 saturated heterocycles. The molecule has 1 aromatic rings. The van der Waals surface area contributed by atoms with Crippen molar-refractivity contribution in [2.75, 3.05) is 0 Å². The molecule has 2 heteroatoms. The zero-order valence-corrected chi connectivity index (χ0v) is 8.05. The first-order chi connectivity index (χ1) is 5.63. The number of aliphatic hydroxyl groups excluding tert-OH is 1. The van der Waals surface area contributed by atoms with Crippen molar-refractivity contribution in [3.63, 3.8) is 0 Å². The smallest absolute Gasteiger partial charge is 0.0578 e. The topological polar surface area (TPSA) is 20.2 Å². The van der Waals surface area contributed by atoms with E-state index >= 15 is 0 Å². The molecule has 0 fully saturated rings. The van der Waals surface area contributed by atoms with E-state index in [9.17, 15) is 5.11 Å². The standard InChI is InChI=1S/C10H13ClO/c1-7(8(2)12)9-5-3-4-6-10(9)11/h3-8,12H,1-2H3/t7-,8-/m0/s1. The van der Waals surface area contributed by atoms with Crippen LogP contribution in [-0.2, 0) is 0 Å². The van der Waals surface area contributed by atoms with Crippen LogP contribution in [0.5, 0.6) is 0 Å². The van der Waals surface area contributed by atoms with Crippen LogP contribution in [0.3, 0.4) is 0 Å². The average molecular weight is 185 g/mol. The van der Waals surface area contributed by atoms with Crippen molar-refractivity contribution in [2.24, 2.45) is 0 Å². The highest BCUT2D eigenvalue weighted by Crippen LogP contribution is 2.26. The van der Waals surface area contributed by atoms with Gasteiger partial charge >= 0.3 is 0 Å². The Morgan fingerprint density at radius 2 is 1.83 bits per heavy atom. The third-order valence-corrected chi connectivity index (χ3v) is 2.46. The van der Waals surface area contributed by atoms with E-state index in [4.69, 9.17) is 11.6 Å². The average Bonchev–Trinajstić information content (AvgIpc) is 2.04. The van der Waals surface area contributed by atoms with Crippen molar-refractivity contribution in [2.45, 2.75) is 25.9 Å². The summed E-state index contributed by atoms with van der Waals surface area (Å²) in [5, 5.41) is 10.1. The fourth-order valence-corrected chi connectivity index (χ4v) is 1.41. The van der Waals surface area contributed by atoms with E-state index in [2.05, 4.69) is 0 Å². The Kier molecular flexibility index (Phi) is 3.12. The molecule has 0 aromatic heterocycles. The fourth-order valence-electron chi connectivity index (χ4n) is 1.10. The van der Waals surface area contributed by atoms with Crippen LogP contribution in [0, 0.1) is 0 Å². The Balaban J connectivity index is 2.94. The molecular weight excluding hydrogens is 172 g/mol. The van der Waals surface area contributed by atoms with Gasteiger partial charge in [-0.3, -0.25) is 0 Å². The summed E-state index contributed by atoms with van der Waals surface area (Å²) < 4.78 is 0. The molecule has 1 N–H and O–H groups in total. The Labute approximate surface area is 78.0 Å². The van der Waals surface area contributed by atoms with Gasteiger partial charge in [0, 0.05) is 10.9 Å². The number of rotatable bonds is 2. The minimum atomic E-state index is -0.357. The van der Waals surface area contributed by atoms with Gasteiger partial charge in [0.05, 0.1) is 6.10 Å². The van der Waals surface area contributed by atoms with Crippen LogP contribution >= 0.6 is 11.6 Å². The molecule has 1 aromatic carbocycles. The Bertz CT molecular complexity index is 258. The number of aliphatic hydroxyl groups is 1. The lowest BCUT2D eigenvalue weighted by Gasteiger charge is -2.15. The second-order valence-electron chi connectivity index (χ2n) is 3.05. The largest absolute Gasteiger partial charge is 0.393 e. The number of halogens is 1. The maximum atomic E-state index is 9.34. The molecule has 0 bridgehead atoms. The van der Waals surface area contributed by atoms with Crippen LogP contribution in [0.25, 0.3) is 0 Å². The molecule has 0 aliphatic carbocycles. The van der Waals surface area contributed by atoms with E-state index in [0.29, 0.717) is 0 Å². The van der Waals surface area contributed by atoms with Crippen molar-refractivity contribution in [1.82, 2.24) is 0 Å². The van der Waals surface area contributed by atoms with Crippen LogP contribution in [0.1, 0.15) is 25.3 Å². The zero-order chi connectivity index (χ0) is 9.14. The molecule has 0 spiro atoms. The minimum absolute atomic E-state index is 0.0960. The maximum absolute atomic E-state index is 9.34. The lowest BCUT2D eigenvalue weighted by atomic mass is 9.96. The zero-order valence-electron chi connectivity index (χ0n) is 7.29. The third-order valence-electron chi connectivity index (χ3n) is 2.12. The van der Waals surface area contributed by atoms with Gasteiger partial charge in [0.15, 0.2) is 0 Å². The molecule has 1 nitrogen and oxygen atoms in total.